The van der Waals surface area contributed by atoms with Gasteiger partial charge in [-0.3, -0.25) is 9.59 Å². The molecule has 0 aliphatic carbocycles. The minimum absolute atomic E-state index is 0.0680. The standard InChI is InChI=1S/C34H66O4/c1-38-34(37)32-30-28-26-24-22-20-18-16-14-12-10-8-6-4-2-3-5-7-9-11-13-15-17-19-21-23-25-27-29-31-33(35)36/h2-32H2,1H3,(H,35,36). The number of methoxy groups -OCH3 is 1. The molecule has 4 nitrogen and oxygen atoms in total. The van der Waals surface area contributed by atoms with Crippen LogP contribution in [-0.4, -0.2) is 24.2 Å². The van der Waals surface area contributed by atoms with Gasteiger partial charge in [-0.2, -0.15) is 0 Å². The Balaban J connectivity index is 3.05. The average molecular weight is 539 g/mol. The van der Waals surface area contributed by atoms with Crippen LogP contribution in [0.5, 0.6) is 0 Å². The zero-order chi connectivity index (χ0) is 27.8. The molecule has 38 heavy (non-hydrogen) atoms. The Morgan fingerprint density at radius 2 is 0.553 bits per heavy atom. The number of hydrogen-bond acceptors (Lipinski definition) is 3. The molecule has 0 aliphatic rings. The highest BCUT2D eigenvalue weighted by molar-refractivity contribution is 5.69. The number of carboxylic acid groups (broad SMARTS) is 1. The predicted molar refractivity (Wildman–Crippen MR) is 163 cm³/mol. The largest absolute Gasteiger partial charge is 0.481 e. The molecule has 0 spiro atoms. The van der Waals surface area contributed by atoms with E-state index in [1.807, 2.05) is 0 Å². The first-order chi connectivity index (χ1) is 18.7. The summed E-state index contributed by atoms with van der Waals surface area (Å²) in [5, 5.41) is 8.62. The third kappa shape index (κ3) is 33.0. The number of carbonyl (C=O) groups excluding carboxylic acids is 1. The molecule has 0 saturated heterocycles. The van der Waals surface area contributed by atoms with E-state index in [-0.39, 0.29) is 5.97 Å². The predicted octanol–water partition coefficient (Wildman–Crippen LogP) is 11.3. The highest BCUT2D eigenvalue weighted by Gasteiger charge is 2.00. The van der Waals surface area contributed by atoms with Gasteiger partial charge in [-0.05, 0) is 12.8 Å². The number of hydrogen-bond donors (Lipinski definition) is 1. The van der Waals surface area contributed by atoms with Crippen molar-refractivity contribution in [3.8, 4) is 0 Å². The summed E-state index contributed by atoms with van der Waals surface area (Å²) in [7, 11) is 1.47. The van der Waals surface area contributed by atoms with E-state index in [4.69, 9.17) is 5.11 Å². The first kappa shape index (κ1) is 36.9. The topological polar surface area (TPSA) is 63.6 Å². The van der Waals surface area contributed by atoms with Gasteiger partial charge in [0.15, 0.2) is 0 Å². The van der Waals surface area contributed by atoms with Crippen molar-refractivity contribution >= 4 is 11.9 Å². The fraction of sp³-hybridized carbons (Fsp3) is 0.941. The van der Waals surface area contributed by atoms with E-state index in [2.05, 4.69) is 4.74 Å². The summed E-state index contributed by atoms with van der Waals surface area (Å²) >= 11 is 0. The minimum atomic E-state index is -0.654. The lowest BCUT2D eigenvalue weighted by atomic mass is 10.0. The van der Waals surface area contributed by atoms with E-state index in [0.29, 0.717) is 12.8 Å². The van der Waals surface area contributed by atoms with Gasteiger partial charge in [0.05, 0.1) is 7.11 Å². The maximum absolute atomic E-state index is 11.0. The van der Waals surface area contributed by atoms with Gasteiger partial charge >= 0.3 is 11.9 Å². The smallest absolute Gasteiger partial charge is 0.305 e. The monoisotopic (exact) mass is 538 g/mol. The fourth-order valence-corrected chi connectivity index (χ4v) is 5.42. The molecule has 0 aromatic heterocycles. The van der Waals surface area contributed by atoms with Gasteiger partial charge in [0.1, 0.15) is 0 Å². The Labute approximate surface area is 237 Å². The van der Waals surface area contributed by atoms with Gasteiger partial charge in [0, 0.05) is 12.8 Å². The minimum Gasteiger partial charge on any atom is -0.481 e. The summed E-state index contributed by atoms with van der Waals surface area (Å²) in [6, 6.07) is 0. The van der Waals surface area contributed by atoms with Crippen LogP contribution < -0.4 is 0 Å². The number of rotatable bonds is 32. The number of carboxylic acids is 1. The van der Waals surface area contributed by atoms with E-state index in [9.17, 15) is 9.59 Å². The van der Waals surface area contributed by atoms with Crippen LogP contribution >= 0.6 is 0 Å². The van der Waals surface area contributed by atoms with Crippen LogP contribution in [0.4, 0.5) is 0 Å². The van der Waals surface area contributed by atoms with E-state index in [1.54, 1.807) is 0 Å². The average Bonchev–Trinajstić information content (AvgIpc) is 2.91. The maximum Gasteiger partial charge on any atom is 0.305 e. The third-order valence-corrected chi connectivity index (χ3v) is 8.00. The SMILES string of the molecule is COC(=O)CCCCCCCCCCCCCCCCCCCCCCCCCCCCCCCC(=O)O. The molecule has 0 bridgehead atoms. The fourth-order valence-electron chi connectivity index (χ4n) is 5.42. The van der Waals surface area contributed by atoms with Crippen molar-refractivity contribution in [3.63, 3.8) is 0 Å². The second-order valence-corrected chi connectivity index (χ2v) is 11.7. The summed E-state index contributed by atoms with van der Waals surface area (Å²) in [4.78, 5) is 21.5. The Kier molecular flexibility index (Phi) is 31.3. The number of carbonyl (C=O) groups is 2. The van der Waals surface area contributed by atoms with Crippen molar-refractivity contribution in [2.45, 2.75) is 199 Å². The summed E-state index contributed by atoms with van der Waals surface area (Å²) < 4.78 is 4.67. The molecule has 4 heteroatoms. The number of unbranched alkanes of at least 4 members (excludes halogenated alkanes) is 28. The van der Waals surface area contributed by atoms with Gasteiger partial charge in [0.25, 0.3) is 0 Å². The van der Waals surface area contributed by atoms with Crippen molar-refractivity contribution in [3.05, 3.63) is 0 Å². The van der Waals surface area contributed by atoms with E-state index in [1.165, 1.54) is 174 Å². The molecular formula is C34H66O4. The molecule has 0 atom stereocenters. The van der Waals surface area contributed by atoms with Gasteiger partial charge in [-0.1, -0.05) is 173 Å². The second kappa shape index (κ2) is 32.2. The number of esters is 1. The molecule has 0 aromatic carbocycles. The summed E-state index contributed by atoms with van der Waals surface area (Å²) in [5.41, 5.74) is 0. The Morgan fingerprint density at radius 1 is 0.368 bits per heavy atom. The lowest BCUT2D eigenvalue weighted by Crippen LogP contribution is -1.99. The van der Waals surface area contributed by atoms with Crippen LogP contribution in [0, 0.1) is 0 Å². The lowest BCUT2D eigenvalue weighted by molar-refractivity contribution is -0.141. The molecule has 0 aliphatic heterocycles. The van der Waals surface area contributed by atoms with E-state index >= 15 is 0 Å². The maximum atomic E-state index is 11.0. The van der Waals surface area contributed by atoms with Crippen LogP contribution in [0.1, 0.15) is 199 Å². The normalized spacial score (nSPS) is 11.2. The first-order valence-corrected chi connectivity index (χ1v) is 17.0. The van der Waals surface area contributed by atoms with Crippen LogP contribution in [0.15, 0.2) is 0 Å². The number of ether oxygens (including phenoxy) is 1. The lowest BCUT2D eigenvalue weighted by Gasteiger charge is -2.04. The molecule has 0 heterocycles. The first-order valence-electron chi connectivity index (χ1n) is 17.0. The zero-order valence-corrected chi connectivity index (χ0v) is 25.6. The van der Waals surface area contributed by atoms with Gasteiger partial charge in [0.2, 0.25) is 0 Å². The number of aliphatic carboxylic acids is 1. The highest BCUT2D eigenvalue weighted by atomic mass is 16.5. The van der Waals surface area contributed by atoms with Crippen molar-refractivity contribution < 1.29 is 19.4 Å². The Morgan fingerprint density at radius 3 is 0.737 bits per heavy atom. The quantitative estimate of drug-likeness (QED) is 0.0683. The Bertz CT molecular complexity index is 491. The molecule has 0 aromatic rings. The second-order valence-electron chi connectivity index (χ2n) is 11.7. The van der Waals surface area contributed by atoms with E-state index < -0.39 is 5.97 Å². The molecule has 0 rings (SSSR count). The highest BCUT2D eigenvalue weighted by Crippen LogP contribution is 2.16. The Hall–Kier alpha value is -1.06. The van der Waals surface area contributed by atoms with E-state index in [0.717, 1.165) is 19.3 Å². The molecule has 226 valence electrons. The van der Waals surface area contributed by atoms with Crippen LogP contribution in [0.25, 0.3) is 0 Å². The van der Waals surface area contributed by atoms with Crippen molar-refractivity contribution in [1.82, 2.24) is 0 Å². The molecule has 0 saturated carbocycles. The molecule has 0 fully saturated rings. The summed E-state index contributed by atoms with van der Waals surface area (Å²) in [5.74, 6) is -0.722. The van der Waals surface area contributed by atoms with Crippen LogP contribution in [0.3, 0.4) is 0 Å². The molecule has 0 unspecified atom stereocenters. The van der Waals surface area contributed by atoms with Gasteiger partial charge in [-0.25, -0.2) is 0 Å². The third-order valence-electron chi connectivity index (χ3n) is 8.00. The molecule has 0 amide bonds. The van der Waals surface area contributed by atoms with Gasteiger partial charge in [-0.15, -0.1) is 0 Å². The van der Waals surface area contributed by atoms with Crippen LogP contribution in [-0.2, 0) is 14.3 Å². The summed E-state index contributed by atoms with van der Waals surface area (Å²) in [6.45, 7) is 0. The molecule has 0 radical (unpaired) electrons. The van der Waals surface area contributed by atoms with Gasteiger partial charge < -0.3 is 9.84 Å². The van der Waals surface area contributed by atoms with Crippen molar-refractivity contribution in [1.29, 1.82) is 0 Å². The molecule has 1 N–H and O–H groups in total. The summed E-state index contributed by atoms with van der Waals surface area (Å²) in [6.07, 6.45) is 39.8. The van der Waals surface area contributed by atoms with Crippen molar-refractivity contribution in [2.24, 2.45) is 0 Å². The zero-order valence-electron chi connectivity index (χ0n) is 25.6. The molecular weight excluding hydrogens is 472 g/mol. The van der Waals surface area contributed by atoms with Crippen molar-refractivity contribution in [2.75, 3.05) is 7.11 Å². The van der Waals surface area contributed by atoms with Crippen LogP contribution in [0.2, 0.25) is 0 Å².